The number of aryl methyl sites for hydroxylation is 1. The van der Waals surface area contributed by atoms with Crippen LogP contribution < -0.4 is 11.1 Å². The van der Waals surface area contributed by atoms with E-state index in [9.17, 15) is 24.2 Å². The molecule has 2 unspecified atom stereocenters. The molecule has 3 fully saturated rings. The number of rotatable bonds is 4. The first-order valence-corrected chi connectivity index (χ1v) is 12.7. The van der Waals surface area contributed by atoms with Gasteiger partial charge in [0.15, 0.2) is 0 Å². The maximum Gasteiger partial charge on any atom is 0.274 e. The lowest BCUT2D eigenvalue weighted by molar-refractivity contribution is -0.146. The second-order valence-electron chi connectivity index (χ2n) is 11.4. The first kappa shape index (κ1) is 25.7. The lowest BCUT2D eigenvalue weighted by atomic mass is 9.60. The van der Waals surface area contributed by atoms with Crippen LogP contribution in [0.15, 0.2) is 24.5 Å². The van der Waals surface area contributed by atoms with Crippen LogP contribution in [0.25, 0.3) is 0 Å². The number of benzene rings is 1. The highest BCUT2D eigenvalue weighted by Crippen LogP contribution is 2.54. The molecule has 0 saturated heterocycles. The highest BCUT2D eigenvalue weighted by atomic mass is 35.5. The van der Waals surface area contributed by atoms with Gasteiger partial charge >= 0.3 is 0 Å². The second-order valence-corrected chi connectivity index (χ2v) is 11.8. The van der Waals surface area contributed by atoms with E-state index in [0.29, 0.717) is 29.9 Å². The molecule has 3 saturated carbocycles. The van der Waals surface area contributed by atoms with E-state index in [-0.39, 0.29) is 41.5 Å². The third-order valence-corrected chi connectivity index (χ3v) is 8.56. The van der Waals surface area contributed by atoms with Crippen molar-refractivity contribution in [3.63, 3.8) is 0 Å². The summed E-state index contributed by atoms with van der Waals surface area (Å²) in [6, 6.07) is 4.01. The number of aliphatic hydroxyl groups is 2. The minimum atomic E-state index is -1.30. The Hall–Kier alpha value is -2.93. The van der Waals surface area contributed by atoms with Crippen LogP contribution >= 0.6 is 11.6 Å². The third-order valence-electron chi connectivity index (χ3n) is 8.27. The van der Waals surface area contributed by atoms with Crippen molar-refractivity contribution in [1.82, 2.24) is 9.55 Å². The SMILES string of the molecule is Cn1cnc(C2CC3CC(O)(C#CC4(O)CC(C)(C(N)=O)C4)CC3C2)c1C(=O)Nc1ccc(F)c(Cl)c1. The summed E-state index contributed by atoms with van der Waals surface area (Å²) in [5.41, 5.74) is 3.67. The number of nitrogens with zero attached hydrogens (tertiary/aromatic N) is 2. The number of amides is 2. The number of carbonyl (C=O) groups is 2. The standard InChI is InChI=1S/C27H30ClFN4O4/c1-25(24(30)35)12-27(37,13-25)6-5-26(36)10-16-7-15(8-17(16)11-26)21-22(33(2)14-31-21)23(34)32-18-3-4-20(29)19(28)9-18/h3-4,9,14-17,36-37H,7-8,10-13H2,1-2H3,(H2,30,35)(H,32,34). The third kappa shape index (κ3) is 4.74. The molecule has 0 radical (unpaired) electrons. The summed E-state index contributed by atoms with van der Waals surface area (Å²) in [7, 11) is 1.75. The molecular weight excluding hydrogens is 499 g/mol. The van der Waals surface area contributed by atoms with Gasteiger partial charge in [0, 0.05) is 31.5 Å². The molecule has 5 rings (SSSR count). The van der Waals surface area contributed by atoms with Crippen molar-refractivity contribution in [2.24, 2.45) is 30.0 Å². The topological polar surface area (TPSA) is 130 Å². The predicted molar refractivity (Wildman–Crippen MR) is 135 cm³/mol. The molecule has 1 aromatic carbocycles. The zero-order valence-electron chi connectivity index (χ0n) is 20.7. The summed E-state index contributed by atoms with van der Waals surface area (Å²) in [5, 5.41) is 24.4. The van der Waals surface area contributed by atoms with Gasteiger partial charge in [-0.1, -0.05) is 30.4 Å². The number of fused-ring (bicyclic) bond motifs is 1. The van der Waals surface area contributed by atoms with E-state index in [1.54, 1.807) is 24.9 Å². The van der Waals surface area contributed by atoms with Crippen LogP contribution in [0.2, 0.25) is 5.02 Å². The highest BCUT2D eigenvalue weighted by molar-refractivity contribution is 6.31. The molecule has 1 heterocycles. The Morgan fingerprint density at radius 3 is 2.41 bits per heavy atom. The number of halogens is 2. The van der Waals surface area contributed by atoms with E-state index in [1.807, 2.05) is 0 Å². The average Bonchev–Trinajstić information content (AvgIpc) is 3.45. The molecule has 2 amide bonds. The molecule has 37 heavy (non-hydrogen) atoms. The fourth-order valence-corrected chi connectivity index (χ4v) is 6.69. The number of hydrogen-bond donors (Lipinski definition) is 4. The Morgan fingerprint density at radius 1 is 1.19 bits per heavy atom. The zero-order chi connectivity index (χ0) is 26.8. The summed E-state index contributed by atoms with van der Waals surface area (Å²) in [4.78, 5) is 29.2. The van der Waals surface area contributed by atoms with Gasteiger partial charge in [-0.3, -0.25) is 9.59 Å². The first-order chi connectivity index (χ1) is 17.3. The summed E-state index contributed by atoms with van der Waals surface area (Å²) in [5.74, 6) is 4.85. The Balaban J connectivity index is 1.25. The van der Waals surface area contributed by atoms with Crippen molar-refractivity contribution in [2.45, 2.75) is 62.6 Å². The van der Waals surface area contributed by atoms with Gasteiger partial charge in [0.25, 0.3) is 5.91 Å². The quantitative estimate of drug-likeness (QED) is 0.453. The first-order valence-electron chi connectivity index (χ1n) is 12.4. The number of aromatic nitrogens is 2. The van der Waals surface area contributed by atoms with Crippen LogP contribution in [0.3, 0.4) is 0 Å². The van der Waals surface area contributed by atoms with E-state index in [1.165, 1.54) is 18.2 Å². The van der Waals surface area contributed by atoms with Gasteiger partial charge < -0.3 is 25.8 Å². The summed E-state index contributed by atoms with van der Waals surface area (Å²) in [6.45, 7) is 1.71. The molecule has 5 N–H and O–H groups in total. The highest BCUT2D eigenvalue weighted by Gasteiger charge is 2.55. The maximum atomic E-state index is 13.5. The Bertz CT molecular complexity index is 1330. The van der Waals surface area contributed by atoms with Crippen molar-refractivity contribution in [3.05, 3.63) is 46.8 Å². The van der Waals surface area contributed by atoms with Gasteiger partial charge in [-0.15, -0.1) is 0 Å². The fourth-order valence-electron chi connectivity index (χ4n) is 6.51. The largest absolute Gasteiger partial charge is 0.378 e. The summed E-state index contributed by atoms with van der Waals surface area (Å²) in [6.07, 6.45) is 4.43. The van der Waals surface area contributed by atoms with Crippen molar-refractivity contribution in [1.29, 1.82) is 0 Å². The molecule has 8 nitrogen and oxygen atoms in total. The van der Waals surface area contributed by atoms with E-state index in [0.717, 1.165) is 12.8 Å². The molecule has 0 aliphatic heterocycles. The van der Waals surface area contributed by atoms with Crippen LogP contribution in [0.5, 0.6) is 0 Å². The minimum absolute atomic E-state index is 0.0540. The fraction of sp³-hybridized carbons (Fsp3) is 0.519. The van der Waals surface area contributed by atoms with E-state index in [4.69, 9.17) is 17.3 Å². The lowest BCUT2D eigenvalue weighted by Crippen LogP contribution is -2.55. The smallest absolute Gasteiger partial charge is 0.274 e. The van der Waals surface area contributed by atoms with Crippen LogP contribution in [0.4, 0.5) is 10.1 Å². The van der Waals surface area contributed by atoms with Crippen LogP contribution in [0.1, 0.15) is 67.5 Å². The predicted octanol–water partition coefficient (Wildman–Crippen LogP) is 3.12. The van der Waals surface area contributed by atoms with Crippen molar-refractivity contribution >= 4 is 29.1 Å². The van der Waals surface area contributed by atoms with Crippen LogP contribution in [-0.4, -0.2) is 42.8 Å². The van der Waals surface area contributed by atoms with Crippen LogP contribution in [0, 0.1) is 34.9 Å². The summed E-state index contributed by atoms with van der Waals surface area (Å²) >= 11 is 5.84. The normalized spacial score (nSPS) is 34.3. The van der Waals surface area contributed by atoms with Gasteiger partial charge in [-0.2, -0.15) is 0 Å². The van der Waals surface area contributed by atoms with Crippen molar-refractivity contribution in [2.75, 3.05) is 5.32 Å². The monoisotopic (exact) mass is 528 g/mol. The molecule has 3 aliphatic carbocycles. The van der Waals surface area contributed by atoms with E-state index >= 15 is 0 Å². The number of imidazole rings is 1. The van der Waals surface area contributed by atoms with Gasteiger partial charge in [0.2, 0.25) is 5.91 Å². The van der Waals surface area contributed by atoms with Crippen molar-refractivity contribution < 1.29 is 24.2 Å². The average molecular weight is 529 g/mol. The van der Waals surface area contributed by atoms with Gasteiger partial charge in [0.05, 0.1) is 22.5 Å². The Labute approximate surface area is 219 Å². The Kier molecular flexibility index (Phi) is 6.13. The van der Waals surface area contributed by atoms with E-state index < -0.39 is 28.3 Å². The molecule has 196 valence electrons. The Morgan fingerprint density at radius 2 is 1.81 bits per heavy atom. The molecule has 3 aliphatic rings. The number of nitrogens with one attached hydrogen (secondary N) is 1. The number of carbonyl (C=O) groups excluding carboxylic acids is 2. The molecule has 2 aromatic rings. The number of anilines is 1. The van der Waals surface area contributed by atoms with Crippen molar-refractivity contribution in [3.8, 4) is 11.8 Å². The minimum Gasteiger partial charge on any atom is -0.378 e. The van der Waals surface area contributed by atoms with Gasteiger partial charge in [-0.25, -0.2) is 9.37 Å². The van der Waals surface area contributed by atoms with E-state index in [2.05, 4.69) is 22.1 Å². The summed E-state index contributed by atoms with van der Waals surface area (Å²) < 4.78 is 15.2. The number of nitrogens with two attached hydrogens (primary N) is 1. The maximum absolute atomic E-state index is 13.5. The number of hydrogen-bond acceptors (Lipinski definition) is 5. The number of primary amides is 1. The molecule has 10 heteroatoms. The molecule has 0 spiro atoms. The molecule has 2 atom stereocenters. The molecule has 0 bridgehead atoms. The van der Waals surface area contributed by atoms with Gasteiger partial charge in [0.1, 0.15) is 22.7 Å². The van der Waals surface area contributed by atoms with Crippen LogP contribution in [-0.2, 0) is 11.8 Å². The second kappa shape index (κ2) is 8.83. The molecular formula is C27H30ClFN4O4. The lowest BCUT2D eigenvalue weighted by Gasteiger charge is -2.46. The zero-order valence-corrected chi connectivity index (χ0v) is 21.5. The van der Waals surface area contributed by atoms with Gasteiger partial charge in [-0.05, 0) is 55.7 Å². The molecule has 1 aromatic heterocycles.